The summed E-state index contributed by atoms with van der Waals surface area (Å²) in [6, 6.07) is 5.73. The van der Waals surface area contributed by atoms with Gasteiger partial charge in [0.15, 0.2) is 0 Å². The van der Waals surface area contributed by atoms with Crippen LogP contribution in [0.25, 0.3) is 0 Å². The maximum Gasteiger partial charge on any atom is 0.119 e. The second kappa shape index (κ2) is 5.04. The van der Waals surface area contributed by atoms with Crippen LogP contribution in [0.5, 0.6) is 5.75 Å². The third-order valence-electron chi connectivity index (χ3n) is 2.59. The predicted molar refractivity (Wildman–Crippen MR) is 60.6 cm³/mol. The Bertz CT molecular complexity index is 269. The van der Waals surface area contributed by atoms with Crippen molar-refractivity contribution in [2.24, 2.45) is 5.92 Å². The van der Waals surface area contributed by atoms with E-state index in [9.17, 15) is 5.11 Å². The van der Waals surface area contributed by atoms with E-state index in [1.54, 1.807) is 6.07 Å². The zero-order chi connectivity index (χ0) is 10.6. The third-order valence-corrected chi connectivity index (χ3v) is 2.59. The molecule has 1 nitrogen and oxygen atoms in total. The number of benzene rings is 1. The van der Waals surface area contributed by atoms with Crippen LogP contribution < -0.4 is 0 Å². The van der Waals surface area contributed by atoms with Gasteiger partial charge in [0.1, 0.15) is 5.75 Å². The first-order chi connectivity index (χ1) is 6.61. The summed E-state index contributed by atoms with van der Waals surface area (Å²) < 4.78 is 0. The summed E-state index contributed by atoms with van der Waals surface area (Å²) >= 11 is 0. The minimum atomic E-state index is 0.453. The minimum Gasteiger partial charge on any atom is -0.508 e. The topological polar surface area (TPSA) is 20.2 Å². The largest absolute Gasteiger partial charge is 0.508 e. The Hall–Kier alpha value is -0.980. The Morgan fingerprint density at radius 3 is 2.57 bits per heavy atom. The van der Waals surface area contributed by atoms with Gasteiger partial charge in [-0.15, -0.1) is 0 Å². The highest BCUT2D eigenvalue weighted by Gasteiger charge is 2.04. The maximum atomic E-state index is 9.66. The summed E-state index contributed by atoms with van der Waals surface area (Å²) in [5.74, 6) is 1.20. The molecular formula is C13H20O. The third kappa shape index (κ3) is 3.06. The van der Waals surface area contributed by atoms with Crippen LogP contribution in [0.1, 0.15) is 37.8 Å². The number of rotatable bonds is 4. The molecule has 0 unspecified atom stereocenters. The highest BCUT2D eigenvalue weighted by molar-refractivity contribution is 5.38. The molecule has 0 radical (unpaired) electrons. The molecule has 1 aromatic carbocycles. The molecule has 0 bridgehead atoms. The van der Waals surface area contributed by atoms with Gasteiger partial charge < -0.3 is 5.11 Å². The number of aromatic hydroxyl groups is 1. The Balaban J connectivity index is 2.58. The molecule has 0 saturated heterocycles. The van der Waals surface area contributed by atoms with Crippen molar-refractivity contribution in [2.75, 3.05) is 0 Å². The highest BCUT2D eigenvalue weighted by atomic mass is 16.3. The van der Waals surface area contributed by atoms with Gasteiger partial charge in [-0.05, 0) is 42.9 Å². The fourth-order valence-corrected chi connectivity index (χ4v) is 1.70. The summed E-state index contributed by atoms with van der Waals surface area (Å²) in [6.45, 7) is 6.53. The van der Waals surface area contributed by atoms with Crippen molar-refractivity contribution >= 4 is 0 Å². The first-order valence-corrected chi connectivity index (χ1v) is 5.38. The average Bonchev–Trinajstić information content (AvgIpc) is 2.09. The normalized spacial score (nSPS) is 10.9. The number of phenols is 1. The quantitative estimate of drug-likeness (QED) is 0.771. The van der Waals surface area contributed by atoms with Gasteiger partial charge in [0, 0.05) is 0 Å². The van der Waals surface area contributed by atoms with Crippen molar-refractivity contribution < 1.29 is 5.11 Å². The maximum absolute atomic E-state index is 9.66. The van der Waals surface area contributed by atoms with Crippen LogP contribution in [0.4, 0.5) is 0 Å². The molecule has 1 rings (SSSR count). The fraction of sp³-hybridized carbons (Fsp3) is 0.538. The van der Waals surface area contributed by atoms with Gasteiger partial charge in [0.2, 0.25) is 0 Å². The van der Waals surface area contributed by atoms with E-state index in [1.807, 2.05) is 6.07 Å². The standard InChI is InChI=1S/C13H20O/c1-10(2)6-4-8-12-11(3)7-5-9-13(12)14/h5,7,9-10,14H,4,6,8H2,1-3H3. The molecule has 1 N–H and O–H groups in total. The molecule has 0 amide bonds. The molecule has 0 spiro atoms. The zero-order valence-electron chi connectivity index (χ0n) is 9.38. The monoisotopic (exact) mass is 192 g/mol. The first kappa shape index (κ1) is 11.1. The molecular weight excluding hydrogens is 172 g/mol. The van der Waals surface area contributed by atoms with Gasteiger partial charge in [-0.2, -0.15) is 0 Å². The van der Waals surface area contributed by atoms with Crippen molar-refractivity contribution in [1.29, 1.82) is 0 Å². The molecule has 0 aromatic heterocycles. The molecule has 0 fully saturated rings. The van der Waals surface area contributed by atoms with Crippen LogP contribution in [0.3, 0.4) is 0 Å². The Labute approximate surface area is 86.8 Å². The summed E-state index contributed by atoms with van der Waals surface area (Å²) in [5, 5.41) is 9.66. The van der Waals surface area contributed by atoms with Crippen molar-refractivity contribution in [3.8, 4) is 5.75 Å². The molecule has 78 valence electrons. The Morgan fingerprint density at radius 2 is 2.00 bits per heavy atom. The Morgan fingerprint density at radius 1 is 1.29 bits per heavy atom. The summed E-state index contributed by atoms with van der Waals surface area (Å²) in [6.07, 6.45) is 3.39. The minimum absolute atomic E-state index is 0.453. The summed E-state index contributed by atoms with van der Waals surface area (Å²) in [5.41, 5.74) is 2.32. The molecule has 0 saturated carbocycles. The summed E-state index contributed by atoms with van der Waals surface area (Å²) in [7, 11) is 0. The van der Waals surface area contributed by atoms with E-state index in [4.69, 9.17) is 0 Å². The van der Waals surface area contributed by atoms with E-state index in [1.165, 1.54) is 12.0 Å². The van der Waals surface area contributed by atoms with Crippen LogP contribution in [0.2, 0.25) is 0 Å². The number of aryl methyl sites for hydroxylation is 1. The SMILES string of the molecule is Cc1cccc(O)c1CCCC(C)C. The van der Waals surface area contributed by atoms with Crippen LogP contribution in [-0.4, -0.2) is 5.11 Å². The van der Waals surface area contributed by atoms with Crippen LogP contribution in [-0.2, 0) is 6.42 Å². The van der Waals surface area contributed by atoms with E-state index in [0.717, 1.165) is 24.3 Å². The van der Waals surface area contributed by atoms with E-state index in [0.29, 0.717) is 5.75 Å². The van der Waals surface area contributed by atoms with Gasteiger partial charge in [-0.3, -0.25) is 0 Å². The van der Waals surface area contributed by atoms with E-state index in [-0.39, 0.29) is 0 Å². The number of hydrogen-bond donors (Lipinski definition) is 1. The lowest BCUT2D eigenvalue weighted by Crippen LogP contribution is -1.93. The van der Waals surface area contributed by atoms with E-state index in [2.05, 4.69) is 26.8 Å². The molecule has 0 aliphatic heterocycles. The zero-order valence-corrected chi connectivity index (χ0v) is 9.38. The van der Waals surface area contributed by atoms with Crippen LogP contribution >= 0.6 is 0 Å². The van der Waals surface area contributed by atoms with Gasteiger partial charge in [0.25, 0.3) is 0 Å². The second-order valence-corrected chi connectivity index (χ2v) is 4.36. The lowest BCUT2D eigenvalue weighted by molar-refractivity contribution is 0.463. The average molecular weight is 192 g/mol. The second-order valence-electron chi connectivity index (χ2n) is 4.36. The van der Waals surface area contributed by atoms with E-state index < -0.39 is 0 Å². The number of phenolic OH excluding ortho intramolecular Hbond substituents is 1. The van der Waals surface area contributed by atoms with Crippen LogP contribution in [0, 0.1) is 12.8 Å². The molecule has 1 heteroatoms. The first-order valence-electron chi connectivity index (χ1n) is 5.38. The van der Waals surface area contributed by atoms with E-state index >= 15 is 0 Å². The molecule has 1 aromatic rings. The Kier molecular flexibility index (Phi) is 3.99. The fourth-order valence-electron chi connectivity index (χ4n) is 1.70. The lowest BCUT2D eigenvalue weighted by Gasteiger charge is -2.09. The molecule has 14 heavy (non-hydrogen) atoms. The van der Waals surface area contributed by atoms with Crippen LogP contribution in [0.15, 0.2) is 18.2 Å². The molecule has 0 atom stereocenters. The van der Waals surface area contributed by atoms with Gasteiger partial charge in [0.05, 0.1) is 0 Å². The lowest BCUT2D eigenvalue weighted by atomic mass is 9.99. The summed E-state index contributed by atoms with van der Waals surface area (Å²) in [4.78, 5) is 0. The number of hydrogen-bond acceptors (Lipinski definition) is 1. The van der Waals surface area contributed by atoms with Gasteiger partial charge >= 0.3 is 0 Å². The van der Waals surface area contributed by atoms with Crippen molar-refractivity contribution in [3.05, 3.63) is 29.3 Å². The molecule has 0 aliphatic carbocycles. The van der Waals surface area contributed by atoms with Gasteiger partial charge in [-0.25, -0.2) is 0 Å². The van der Waals surface area contributed by atoms with Crippen molar-refractivity contribution in [1.82, 2.24) is 0 Å². The van der Waals surface area contributed by atoms with Gasteiger partial charge in [-0.1, -0.05) is 32.4 Å². The molecule has 0 aliphatic rings. The molecule has 0 heterocycles. The smallest absolute Gasteiger partial charge is 0.119 e. The highest BCUT2D eigenvalue weighted by Crippen LogP contribution is 2.22. The predicted octanol–water partition coefficient (Wildman–Crippen LogP) is 3.68. The van der Waals surface area contributed by atoms with Crippen molar-refractivity contribution in [2.45, 2.75) is 40.0 Å². The van der Waals surface area contributed by atoms with Crippen molar-refractivity contribution in [3.63, 3.8) is 0 Å².